The van der Waals surface area contributed by atoms with E-state index in [4.69, 9.17) is 5.73 Å². The Morgan fingerprint density at radius 1 is 1.17 bits per heavy atom. The van der Waals surface area contributed by atoms with Crippen molar-refractivity contribution in [1.29, 1.82) is 0 Å². The highest BCUT2D eigenvalue weighted by molar-refractivity contribution is 7.23. The Morgan fingerprint density at radius 2 is 1.91 bits per heavy atom. The number of halogens is 3. The van der Waals surface area contributed by atoms with E-state index in [1.165, 1.54) is 17.4 Å². The molecule has 2 aromatic heterocycles. The summed E-state index contributed by atoms with van der Waals surface area (Å²) < 4.78 is 38.4. The lowest BCUT2D eigenvalue weighted by atomic mass is 10.1. The lowest BCUT2D eigenvalue weighted by Crippen LogP contribution is -2.05. The normalized spacial score (nSPS) is 11.9. The molecule has 1 aromatic carbocycles. The molecule has 0 fully saturated rings. The van der Waals surface area contributed by atoms with Crippen molar-refractivity contribution in [2.24, 2.45) is 0 Å². The Labute approximate surface area is 135 Å². The molecule has 7 heteroatoms. The Kier molecular flexibility index (Phi) is 3.68. The van der Waals surface area contributed by atoms with Crippen molar-refractivity contribution < 1.29 is 13.2 Å². The molecule has 3 aromatic rings. The van der Waals surface area contributed by atoms with Crippen LogP contribution in [0.1, 0.15) is 16.8 Å². The predicted octanol–water partition coefficient (Wildman–Crippen LogP) is 5.26. The number of rotatable bonds is 2. The van der Waals surface area contributed by atoms with Gasteiger partial charge < -0.3 is 11.1 Å². The third kappa shape index (κ3) is 2.96. The van der Waals surface area contributed by atoms with Gasteiger partial charge in [0.05, 0.1) is 11.3 Å². The molecule has 2 heterocycles. The van der Waals surface area contributed by atoms with Crippen molar-refractivity contribution in [3.8, 4) is 0 Å². The van der Waals surface area contributed by atoms with Crippen LogP contribution in [-0.2, 0) is 6.18 Å². The number of hydrogen-bond donors (Lipinski definition) is 2. The van der Waals surface area contributed by atoms with Crippen molar-refractivity contribution in [3.05, 3.63) is 47.2 Å². The van der Waals surface area contributed by atoms with Gasteiger partial charge in [-0.05, 0) is 43.7 Å². The number of pyridine rings is 1. The van der Waals surface area contributed by atoms with E-state index in [1.54, 1.807) is 6.07 Å². The van der Waals surface area contributed by atoms with Gasteiger partial charge in [-0.15, -0.1) is 0 Å². The quantitative estimate of drug-likeness (QED) is 0.671. The van der Waals surface area contributed by atoms with Crippen LogP contribution in [0.25, 0.3) is 10.2 Å². The molecule has 0 saturated heterocycles. The monoisotopic (exact) mass is 337 g/mol. The van der Waals surface area contributed by atoms with Gasteiger partial charge in [0.1, 0.15) is 9.83 Å². The second-order valence-electron chi connectivity index (χ2n) is 5.31. The van der Waals surface area contributed by atoms with Crippen LogP contribution in [0, 0.1) is 13.8 Å². The fraction of sp³-hybridized carbons (Fsp3) is 0.188. The summed E-state index contributed by atoms with van der Waals surface area (Å²) >= 11 is 1.33. The summed E-state index contributed by atoms with van der Waals surface area (Å²) in [6, 6.07) is 6.97. The standard InChI is InChI=1S/C16H14F3N3S/c1-8-6-9(2)21-14-12(8)13(20)15(23-14)22-11-5-3-4-10(7-11)16(17,18)19/h3-7,22H,20H2,1-2H3. The SMILES string of the molecule is Cc1cc(C)c2c(N)c(Nc3cccc(C(F)(F)F)c3)sc2n1. The Hall–Kier alpha value is -2.28. The van der Waals surface area contributed by atoms with Gasteiger partial charge in [-0.2, -0.15) is 13.2 Å². The van der Waals surface area contributed by atoms with E-state index in [2.05, 4.69) is 10.3 Å². The van der Waals surface area contributed by atoms with Crippen LogP contribution < -0.4 is 11.1 Å². The summed E-state index contributed by atoms with van der Waals surface area (Å²) in [5.74, 6) is 0. The molecule has 23 heavy (non-hydrogen) atoms. The zero-order valence-electron chi connectivity index (χ0n) is 12.5. The minimum absolute atomic E-state index is 0.340. The zero-order valence-corrected chi connectivity index (χ0v) is 13.3. The van der Waals surface area contributed by atoms with Gasteiger partial charge in [-0.25, -0.2) is 4.98 Å². The number of nitrogens with one attached hydrogen (secondary N) is 1. The summed E-state index contributed by atoms with van der Waals surface area (Å²) in [5.41, 5.74) is 8.17. The number of anilines is 3. The molecule has 3 N–H and O–H groups in total. The van der Waals surface area contributed by atoms with Gasteiger partial charge in [-0.3, -0.25) is 0 Å². The maximum absolute atomic E-state index is 12.8. The predicted molar refractivity (Wildman–Crippen MR) is 88.2 cm³/mol. The smallest absolute Gasteiger partial charge is 0.396 e. The maximum Gasteiger partial charge on any atom is 0.416 e. The second-order valence-corrected chi connectivity index (χ2v) is 6.31. The molecule has 0 amide bonds. The molecule has 3 rings (SSSR count). The summed E-state index contributed by atoms with van der Waals surface area (Å²) in [4.78, 5) is 5.21. The van der Waals surface area contributed by atoms with E-state index in [0.29, 0.717) is 16.4 Å². The third-order valence-electron chi connectivity index (χ3n) is 3.47. The minimum atomic E-state index is -4.38. The summed E-state index contributed by atoms with van der Waals surface area (Å²) in [7, 11) is 0. The van der Waals surface area contributed by atoms with Crippen LogP contribution >= 0.6 is 11.3 Å². The van der Waals surface area contributed by atoms with E-state index in [0.717, 1.165) is 33.6 Å². The van der Waals surface area contributed by atoms with Crippen LogP contribution in [0.4, 0.5) is 29.5 Å². The number of fused-ring (bicyclic) bond motifs is 1. The Bertz CT molecular complexity index is 884. The molecule has 0 radical (unpaired) electrons. The number of nitrogen functional groups attached to an aromatic ring is 1. The molecule has 0 atom stereocenters. The maximum atomic E-state index is 12.8. The van der Waals surface area contributed by atoms with E-state index >= 15 is 0 Å². The van der Waals surface area contributed by atoms with Gasteiger partial charge in [0.2, 0.25) is 0 Å². The lowest BCUT2D eigenvalue weighted by molar-refractivity contribution is -0.137. The van der Waals surface area contributed by atoms with Crippen LogP contribution in [-0.4, -0.2) is 4.98 Å². The number of aryl methyl sites for hydroxylation is 2. The van der Waals surface area contributed by atoms with Crippen LogP contribution in [0.15, 0.2) is 30.3 Å². The van der Waals surface area contributed by atoms with E-state index in [-0.39, 0.29) is 0 Å². The van der Waals surface area contributed by atoms with Crippen molar-refractivity contribution >= 4 is 37.9 Å². The largest absolute Gasteiger partial charge is 0.416 e. The average Bonchev–Trinajstić information content (AvgIpc) is 2.74. The van der Waals surface area contributed by atoms with Crippen molar-refractivity contribution in [2.45, 2.75) is 20.0 Å². The first-order valence-electron chi connectivity index (χ1n) is 6.86. The fourth-order valence-electron chi connectivity index (χ4n) is 2.47. The van der Waals surface area contributed by atoms with E-state index in [9.17, 15) is 13.2 Å². The number of thiophene rings is 1. The summed E-state index contributed by atoms with van der Waals surface area (Å²) in [6.45, 7) is 3.83. The van der Waals surface area contributed by atoms with E-state index < -0.39 is 11.7 Å². The third-order valence-corrected chi connectivity index (χ3v) is 4.49. The first kappa shape index (κ1) is 15.6. The number of alkyl halides is 3. The van der Waals surface area contributed by atoms with Gasteiger partial charge in [0.25, 0.3) is 0 Å². The Balaban J connectivity index is 2.02. The molecule has 0 aliphatic carbocycles. The molecule has 120 valence electrons. The lowest BCUT2D eigenvalue weighted by Gasteiger charge is -2.10. The molecular weight excluding hydrogens is 323 g/mol. The Morgan fingerprint density at radius 3 is 2.61 bits per heavy atom. The van der Waals surface area contributed by atoms with Crippen LogP contribution in [0.2, 0.25) is 0 Å². The van der Waals surface area contributed by atoms with Gasteiger partial charge in [0, 0.05) is 16.8 Å². The van der Waals surface area contributed by atoms with Gasteiger partial charge in [0.15, 0.2) is 0 Å². The molecule has 0 spiro atoms. The molecule has 0 aliphatic rings. The molecular formula is C16H14F3N3S. The molecule has 0 aliphatic heterocycles. The highest BCUT2D eigenvalue weighted by Gasteiger charge is 2.30. The molecule has 0 saturated carbocycles. The topological polar surface area (TPSA) is 50.9 Å². The number of nitrogens with zero attached hydrogens (tertiary/aromatic N) is 1. The molecule has 0 unspecified atom stereocenters. The van der Waals surface area contributed by atoms with Crippen molar-refractivity contribution in [2.75, 3.05) is 11.1 Å². The molecule has 3 nitrogen and oxygen atoms in total. The minimum Gasteiger partial charge on any atom is -0.396 e. The highest BCUT2D eigenvalue weighted by Crippen LogP contribution is 2.41. The summed E-state index contributed by atoms with van der Waals surface area (Å²) in [6.07, 6.45) is -4.38. The first-order valence-corrected chi connectivity index (χ1v) is 7.68. The van der Waals surface area contributed by atoms with Crippen molar-refractivity contribution in [3.63, 3.8) is 0 Å². The van der Waals surface area contributed by atoms with E-state index in [1.807, 2.05) is 19.9 Å². The van der Waals surface area contributed by atoms with Crippen LogP contribution in [0.3, 0.4) is 0 Å². The first-order chi connectivity index (χ1) is 10.8. The summed E-state index contributed by atoms with van der Waals surface area (Å²) in [5, 5.41) is 4.41. The fourth-order valence-corrected chi connectivity index (χ4v) is 3.60. The van der Waals surface area contributed by atoms with Gasteiger partial charge >= 0.3 is 6.18 Å². The molecule has 0 bridgehead atoms. The zero-order chi connectivity index (χ0) is 16.8. The van der Waals surface area contributed by atoms with Crippen LogP contribution in [0.5, 0.6) is 0 Å². The number of nitrogens with two attached hydrogens (primary N) is 1. The average molecular weight is 337 g/mol. The number of aromatic nitrogens is 1. The second kappa shape index (κ2) is 5.42. The van der Waals surface area contributed by atoms with Gasteiger partial charge in [-0.1, -0.05) is 17.4 Å². The van der Waals surface area contributed by atoms with Crippen molar-refractivity contribution in [1.82, 2.24) is 4.98 Å². The highest BCUT2D eigenvalue weighted by atomic mass is 32.1. The number of hydrogen-bond acceptors (Lipinski definition) is 4. The number of benzene rings is 1.